The van der Waals surface area contributed by atoms with Crippen molar-refractivity contribution < 1.29 is 27.7 Å². The maximum absolute atomic E-state index is 13.7. The average molecular weight is 535 g/mol. The van der Waals surface area contributed by atoms with Crippen LogP contribution in [-0.2, 0) is 26.2 Å². The number of carbonyl (C=O) groups excluding carboxylic acids is 2. The maximum atomic E-state index is 13.7. The highest BCUT2D eigenvalue weighted by atomic mass is 32.2. The van der Waals surface area contributed by atoms with Crippen molar-refractivity contribution >= 4 is 33.2 Å². The fourth-order valence-corrected chi connectivity index (χ4v) is 4.62. The number of hydrogen-bond donors (Lipinski definition) is 1. The third-order valence-electron chi connectivity index (χ3n) is 5.61. The molecule has 2 amide bonds. The first-order valence-electron chi connectivity index (χ1n) is 11.7. The van der Waals surface area contributed by atoms with E-state index in [2.05, 4.69) is 5.32 Å². The molecule has 0 bridgehead atoms. The molecule has 0 aliphatic rings. The molecule has 0 radical (unpaired) electrons. The van der Waals surface area contributed by atoms with Crippen molar-refractivity contribution in [2.75, 3.05) is 24.2 Å². The van der Waals surface area contributed by atoms with E-state index in [1.165, 1.54) is 24.1 Å². The van der Waals surface area contributed by atoms with Gasteiger partial charge in [0.2, 0.25) is 21.8 Å². The van der Waals surface area contributed by atoms with Gasteiger partial charge in [-0.2, -0.15) is 0 Å². The fraction of sp³-hybridized carbons (Fsp3) is 0.440. The number of benzene rings is 2. The topological polar surface area (TPSA) is 139 Å². The summed E-state index contributed by atoms with van der Waals surface area (Å²) in [5.41, 5.74) is 1.26. The summed E-state index contributed by atoms with van der Waals surface area (Å²) < 4.78 is 31.6. The number of nitrogens with one attached hydrogen (secondary N) is 1. The molecule has 0 spiro atoms. The first kappa shape index (κ1) is 29.6. The Hall–Kier alpha value is -3.67. The molecule has 37 heavy (non-hydrogen) atoms. The Morgan fingerprint density at radius 3 is 2.24 bits per heavy atom. The number of nitrogens with zero attached hydrogens (tertiary/aromatic N) is 3. The van der Waals surface area contributed by atoms with Crippen LogP contribution >= 0.6 is 0 Å². The van der Waals surface area contributed by atoms with Gasteiger partial charge in [0.25, 0.3) is 5.69 Å². The molecule has 2 aromatic carbocycles. The standard InChI is InChI=1S/C25H34N4O7S/c1-7-21(25(31)26-17(2)3)27(15-19-10-8-18(4)9-11-19)24(30)16-28(37(6,34)35)22-14-20(29(32)33)12-13-23(22)36-5/h8-14,17,21H,7,15-16H2,1-6H3,(H,26,31)/t21-/m0/s1. The van der Waals surface area contributed by atoms with Gasteiger partial charge < -0.3 is 15.0 Å². The SMILES string of the molecule is CC[C@@H](C(=O)NC(C)C)N(Cc1ccc(C)cc1)C(=O)CN(c1cc([N+](=O)[O-])ccc1OC)S(C)(=O)=O. The van der Waals surface area contributed by atoms with Gasteiger partial charge in [-0.3, -0.25) is 24.0 Å². The first-order valence-corrected chi connectivity index (χ1v) is 13.6. The summed E-state index contributed by atoms with van der Waals surface area (Å²) in [4.78, 5) is 38.8. The van der Waals surface area contributed by atoms with Crippen LogP contribution in [0.2, 0.25) is 0 Å². The lowest BCUT2D eigenvalue weighted by molar-refractivity contribution is -0.384. The van der Waals surface area contributed by atoms with Crippen LogP contribution in [0.25, 0.3) is 0 Å². The summed E-state index contributed by atoms with van der Waals surface area (Å²) in [5, 5.41) is 14.2. The second-order valence-electron chi connectivity index (χ2n) is 8.98. The number of carbonyl (C=O) groups is 2. The lowest BCUT2D eigenvalue weighted by Gasteiger charge is -2.33. The number of sulfonamides is 1. The van der Waals surface area contributed by atoms with Gasteiger partial charge in [0.05, 0.1) is 18.3 Å². The molecule has 0 aliphatic carbocycles. The molecule has 0 fully saturated rings. The highest BCUT2D eigenvalue weighted by Crippen LogP contribution is 2.34. The Bertz CT molecular complexity index is 1230. The van der Waals surface area contributed by atoms with Crippen molar-refractivity contribution in [2.45, 2.75) is 52.7 Å². The lowest BCUT2D eigenvalue weighted by atomic mass is 10.1. The van der Waals surface area contributed by atoms with Crippen molar-refractivity contribution in [1.29, 1.82) is 0 Å². The van der Waals surface area contributed by atoms with E-state index in [-0.39, 0.29) is 42.0 Å². The van der Waals surface area contributed by atoms with E-state index in [9.17, 15) is 28.1 Å². The minimum absolute atomic E-state index is 0.0403. The zero-order chi connectivity index (χ0) is 27.9. The van der Waals surface area contributed by atoms with E-state index in [1.807, 2.05) is 31.2 Å². The predicted molar refractivity (Wildman–Crippen MR) is 141 cm³/mol. The molecule has 202 valence electrons. The minimum Gasteiger partial charge on any atom is -0.495 e. The number of anilines is 1. The molecular formula is C25H34N4O7S. The van der Waals surface area contributed by atoms with Gasteiger partial charge in [0, 0.05) is 24.7 Å². The van der Waals surface area contributed by atoms with Crippen molar-refractivity contribution in [3.8, 4) is 5.75 Å². The lowest BCUT2D eigenvalue weighted by Crippen LogP contribution is -2.53. The van der Waals surface area contributed by atoms with Gasteiger partial charge in [0.1, 0.15) is 24.0 Å². The van der Waals surface area contributed by atoms with Crippen LogP contribution in [0.1, 0.15) is 38.3 Å². The maximum Gasteiger partial charge on any atom is 0.271 e. The molecule has 0 aromatic heterocycles. The summed E-state index contributed by atoms with van der Waals surface area (Å²) in [6.07, 6.45) is 1.18. The predicted octanol–water partition coefficient (Wildman–Crippen LogP) is 3.01. The number of non-ortho nitro benzene ring substituents is 1. The Kier molecular flexibility index (Phi) is 10.0. The normalized spacial score (nSPS) is 12.1. The van der Waals surface area contributed by atoms with Crippen LogP contribution in [-0.4, -0.2) is 62.0 Å². The van der Waals surface area contributed by atoms with Crippen LogP contribution in [0, 0.1) is 17.0 Å². The van der Waals surface area contributed by atoms with E-state index in [4.69, 9.17) is 4.74 Å². The first-order chi connectivity index (χ1) is 17.3. The number of nitro benzene ring substituents is 1. The van der Waals surface area contributed by atoms with Crippen LogP contribution in [0.15, 0.2) is 42.5 Å². The van der Waals surface area contributed by atoms with E-state index >= 15 is 0 Å². The van der Waals surface area contributed by atoms with Gasteiger partial charge in [-0.15, -0.1) is 0 Å². The van der Waals surface area contributed by atoms with Gasteiger partial charge in [-0.25, -0.2) is 8.42 Å². The quantitative estimate of drug-likeness (QED) is 0.326. The van der Waals surface area contributed by atoms with E-state index < -0.39 is 33.4 Å². The number of hydrogen-bond acceptors (Lipinski definition) is 7. The van der Waals surface area contributed by atoms with Gasteiger partial charge in [-0.1, -0.05) is 36.8 Å². The Morgan fingerprint density at radius 2 is 1.76 bits per heavy atom. The van der Waals surface area contributed by atoms with Crippen LogP contribution in [0.4, 0.5) is 11.4 Å². The highest BCUT2D eigenvalue weighted by Gasteiger charge is 2.33. The Labute approximate surface area is 217 Å². The van der Waals surface area contributed by atoms with Gasteiger partial charge in [-0.05, 0) is 38.8 Å². The summed E-state index contributed by atoms with van der Waals surface area (Å²) in [7, 11) is -2.80. The molecule has 0 saturated carbocycles. The average Bonchev–Trinajstić information content (AvgIpc) is 2.81. The van der Waals surface area contributed by atoms with E-state index in [0.717, 1.165) is 27.8 Å². The molecule has 0 heterocycles. The zero-order valence-electron chi connectivity index (χ0n) is 21.9. The van der Waals surface area contributed by atoms with Crippen LogP contribution in [0.5, 0.6) is 5.75 Å². The van der Waals surface area contributed by atoms with Crippen molar-refractivity contribution in [2.24, 2.45) is 0 Å². The van der Waals surface area contributed by atoms with Crippen LogP contribution in [0.3, 0.4) is 0 Å². The van der Waals surface area contributed by atoms with Crippen LogP contribution < -0.4 is 14.4 Å². The second kappa shape index (κ2) is 12.5. The van der Waals surface area contributed by atoms with Crippen molar-refractivity contribution in [3.63, 3.8) is 0 Å². The van der Waals surface area contributed by atoms with E-state index in [1.54, 1.807) is 20.8 Å². The number of ether oxygens (including phenoxy) is 1. The third-order valence-corrected chi connectivity index (χ3v) is 6.74. The summed E-state index contributed by atoms with van der Waals surface area (Å²) in [5.74, 6) is -0.972. The molecule has 0 unspecified atom stereocenters. The molecule has 12 heteroatoms. The summed E-state index contributed by atoms with van der Waals surface area (Å²) in [6.45, 7) is 6.67. The molecule has 2 aromatic rings. The smallest absolute Gasteiger partial charge is 0.271 e. The molecule has 0 aliphatic heterocycles. The largest absolute Gasteiger partial charge is 0.495 e. The number of methoxy groups -OCH3 is 1. The number of amides is 2. The summed E-state index contributed by atoms with van der Waals surface area (Å²) >= 11 is 0. The number of rotatable bonds is 12. The Morgan fingerprint density at radius 1 is 1.14 bits per heavy atom. The number of nitro groups is 1. The molecule has 1 N–H and O–H groups in total. The second-order valence-corrected chi connectivity index (χ2v) is 10.9. The molecule has 11 nitrogen and oxygen atoms in total. The van der Waals surface area contributed by atoms with E-state index in [0.29, 0.717) is 0 Å². The summed E-state index contributed by atoms with van der Waals surface area (Å²) in [6, 6.07) is 9.88. The van der Waals surface area contributed by atoms with Gasteiger partial charge in [0.15, 0.2) is 0 Å². The third kappa shape index (κ3) is 7.91. The highest BCUT2D eigenvalue weighted by molar-refractivity contribution is 7.92. The Balaban J connectivity index is 2.55. The van der Waals surface area contributed by atoms with Crippen molar-refractivity contribution in [1.82, 2.24) is 10.2 Å². The number of aryl methyl sites for hydroxylation is 1. The molecule has 2 rings (SSSR count). The van der Waals surface area contributed by atoms with Gasteiger partial charge >= 0.3 is 0 Å². The molecular weight excluding hydrogens is 500 g/mol. The monoisotopic (exact) mass is 534 g/mol. The minimum atomic E-state index is -4.09. The molecule has 1 atom stereocenters. The van der Waals surface area contributed by atoms with Crippen molar-refractivity contribution in [3.05, 3.63) is 63.7 Å². The zero-order valence-corrected chi connectivity index (χ0v) is 22.7. The fourth-order valence-electron chi connectivity index (χ4n) is 3.77. The molecule has 0 saturated heterocycles.